The number of hydrogen-bond donors (Lipinski definition) is 2. The number of nitrogen functional groups attached to an aromatic ring is 1. The molecule has 2 unspecified atom stereocenters. The number of methoxy groups -OCH3 is 1. The lowest BCUT2D eigenvalue weighted by molar-refractivity contribution is 0.126. The number of nitrogens with two attached hydrogens (primary N) is 1. The van der Waals surface area contributed by atoms with Crippen molar-refractivity contribution in [3.63, 3.8) is 0 Å². The first-order valence-corrected chi connectivity index (χ1v) is 6.59. The Morgan fingerprint density at radius 2 is 1.94 bits per heavy atom. The molecule has 0 amide bonds. The van der Waals surface area contributed by atoms with Crippen molar-refractivity contribution in [2.75, 3.05) is 17.7 Å². The van der Waals surface area contributed by atoms with Gasteiger partial charge >= 0.3 is 0 Å². The molecule has 18 heavy (non-hydrogen) atoms. The molecule has 1 aromatic rings. The van der Waals surface area contributed by atoms with Crippen LogP contribution < -0.4 is 15.4 Å². The summed E-state index contributed by atoms with van der Waals surface area (Å²) in [6.07, 6.45) is 3.86. The number of ether oxygens (including phenoxy) is 1. The molecule has 0 spiro atoms. The third-order valence-electron chi connectivity index (χ3n) is 4.22. The second-order valence-corrected chi connectivity index (χ2v) is 5.34. The van der Waals surface area contributed by atoms with Gasteiger partial charge in [-0.3, -0.25) is 0 Å². The van der Waals surface area contributed by atoms with Crippen LogP contribution in [0.25, 0.3) is 0 Å². The highest BCUT2D eigenvalue weighted by atomic mass is 16.5. The molecule has 0 saturated carbocycles. The highest BCUT2D eigenvalue weighted by molar-refractivity contribution is 5.71. The third kappa shape index (κ3) is 1.81. The maximum atomic E-state index is 9.84. The lowest BCUT2D eigenvalue weighted by Gasteiger charge is -2.39. The van der Waals surface area contributed by atoms with Crippen LogP contribution in [0.5, 0.6) is 5.75 Å². The lowest BCUT2D eigenvalue weighted by Crippen LogP contribution is -2.45. The van der Waals surface area contributed by atoms with Gasteiger partial charge in [0.25, 0.3) is 0 Å². The molecule has 2 aliphatic heterocycles. The predicted octanol–water partition coefficient (Wildman–Crippen LogP) is 1.77. The van der Waals surface area contributed by atoms with Crippen LogP contribution in [-0.2, 0) is 0 Å². The largest absolute Gasteiger partial charge is 0.497 e. The molecule has 0 radical (unpaired) electrons. The second kappa shape index (κ2) is 4.35. The monoisotopic (exact) mass is 248 g/mol. The fourth-order valence-corrected chi connectivity index (χ4v) is 3.42. The van der Waals surface area contributed by atoms with Gasteiger partial charge in [0.1, 0.15) is 5.75 Å². The van der Waals surface area contributed by atoms with Crippen LogP contribution in [0, 0.1) is 0 Å². The van der Waals surface area contributed by atoms with Crippen molar-refractivity contribution >= 4 is 11.4 Å². The summed E-state index contributed by atoms with van der Waals surface area (Å²) < 4.78 is 5.28. The van der Waals surface area contributed by atoms with E-state index in [2.05, 4.69) is 4.90 Å². The molecule has 2 bridgehead atoms. The average molecular weight is 248 g/mol. The molecule has 3 N–H and O–H groups in total. The molecule has 2 aliphatic rings. The zero-order chi connectivity index (χ0) is 12.7. The number of aliphatic hydroxyl groups excluding tert-OH is 1. The number of piperidine rings is 1. The number of hydrogen-bond acceptors (Lipinski definition) is 4. The van der Waals surface area contributed by atoms with E-state index in [0.717, 1.165) is 42.8 Å². The summed E-state index contributed by atoms with van der Waals surface area (Å²) in [4.78, 5) is 2.39. The summed E-state index contributed by atoms with van der Waals surface area (Å²) in [5.74, 6) is 0.838. The van der Waals surface area contributed by atoms with E-state index in [9.17, 15) is 5.11 Å². The summed E-state index contributed by atoms with van der Waals surface area (Å²) in [6, 6.07) is 6.65. The Balaban J connectivity index is 1.95. The van der Waals surface area contributed by atoms with Crippen molar-refractivity contribution in [3.8, 4) is 5.75 Å². The first-order chi connectivity index (χ1) is 8.69. The Morgan fingerprint density at radius 3 is 2.56 bits per heavy atom. The van der Waals surface area contributed by atoms with Gasteiger partial charge in [0, 0.05) is 18.2 Å². The molecule has 0 aliphatic carbocycles. The maximum absolute atomic E-state index is 9.84. The number of aliphatic hydroxyl groups is 1. The minimum Gasteiger partial charge on any atom is -0.497 e. The molecule has 0 aromatic heterocycles. The smallest absolute Gasteiger partial charge is 0.121 e. The van der Waals surface area contributed by atoms with Gasteiger partial charge in [0.05, 0.1) is 24.6 Å². The quantitative estimate of drug-likeness (QED) is 0.783. The molecular formula is C14H20N2O2. The van der Waals surface area contributed by atoms with Crippen LogP contribution in [0.4, 0.5) is 11.4 Å². The van der Waals surface area contributed by atoms with Crippen molar-refractivity contribution in [1.29, 1.82) is 0 Å². The van der Waals surface area contributed by atoms with E-state index in [1.54, 1.807) is 7.11 Å². The van der Waals surface area contributed by atoms with Crippen LogP contribution >= 0.6 is 0 Å². The van der Waals surface area contributed by atoms with Gasteiger partial charge < -0.3 is 20.5 Å². The Labute approximate surface area is 107 Å². The molecule has 2 atom stereocenters. The molecular weight excluding hydrogens is 228 g/mol. The minimum absolute atomic E-state index is 0.148. The zero-order valence-electron chi connectivity index (χ0n) is 10.7. The van der Waals surface area contributed by atoms with Crippen molar-refractivity contribution < 1.29 is 9.84 Å². The number of rotatable bonds is 2. The second-order valence-electron chi connectivity index (χ2n) is 5.34. The Morgan fingerprint density at radius 1 is 1.28 bits per heavy atom. The van der Waals surface area contributed by atoms with Crippen LogP contribution in [0.3, 0.4) is 0 Å². The highest BCUT2D eigenvalue weighted by Gasteiger charge is 2.40. The van der Waals surface area contributed by atoms with Gasteiger partial charge in [-0.1, -0.05) is 0 Å². The fraction of sp³-hybridized carbons (Fsp3) is 0.571. The fourth-order valence-electron chi connectivity index (χ4n) is 3.42. The lowest BCUT2D eigenvalue weighted by atomic mass is 9.98. The Hall–Kier alpha value is -1.42. The van der Waals surface area contributed by atoms with E-state index < -0.39 is 0 Å². The molecule has 4 heteroatoms. The number of benzene rings is 1. The van der Waals surface area contributed by atoms with E-state index in [0.29, 0.717) is 12.1 Å². The summed E-state index contributed by atoms with van der Waals surface area (Å²) in [6.45, 7) is 0. The van der Waals surface area contributed by atoms with Gasteiger partial charge in [0.2, 0.25) is 0 Å². The summed E-state index contributed by atoms with van der Waals surface area (Å²) in [7, 11) is 1.67. The summed E-state index contributed by atoms with van der Waals surface area (Å²) in [5.41, 5.74) is 7.96. The topological polar surface area (TPSA) is 58.7 Å². The van der Waals surface area contributed by atoms with E-state index >= 15 is 0 Å². The first kappa shape index (κ1) is 11.7. The van der Waals surface area contributed by atoms with Crippen molar-refractivity contribution in [2.24, 2.45) is 0 Å². The van der Waals surface area contributed by atoms with Crippen molar-refractivity contribution in [1.82, 2.24) is 0 Å². The Kier molecular flexibility index (Phi) is 2.82. The van der Waals surface area contributed by atoms with E-state index in [1.807, 2.05) is 18.2 Å². The minimum atomic E-state index is -0.148. The van der Waals surface area contributed by atoms with Crippen LogP contribution in [0.1, 0.15) is 25.7 Å². The van der Waals surface area contributed by atoms with Crippen LogP contribution in [-0.4, -0.2) is 30.4 Å². The molecule has 98 valence electrons. The number of nitrogens with zero attached hydrogens (tertiary/aromatic N) is 1. The van der Waals surface area contributed by atoms with Crippen LogP contribution in [0.2, 0.25) is 0 Å². The predicted molar refractivity (Wildman–Crippen MR) is 71.9 cm³/mol. The first-order valence-electron chi connectivity index (χ1n) is 6.59. The summed E-state index contributed by atoms with van der Waals surface area (Å²) in [5, 5.41) is 9.84. The van der Waals surface area contributed by atoms with Crippen molar-refractivity contribution in [2.45, 2.75) is 43.9 Å². The van der Waals surface area contributed by atoms with Crippen LogP contribution in [0.15, 0.2) is 18.2 Å². The zero-order valence-corrected chi connectivity index (χ0v) is 10.7. The third-order valence-corrected chi connectivity index (χ3v) is 4.22. The molecule has 3 rings (SSSR count). The average Bonchev–Trinajstić information content (AvgIpc) is 2.63. The molecule has 2 saturated heterocycles. The highest BCUT2D eigenvalue weighted by Crippen LogP contribution is 2.42. The molecule has 2 heterocycles. The maximum Gasteiger partial charge on any atom is 0.121 e. The Bertz CT molecular complexity index is 435. The van der Waals surface area contributed by atoms with Gasteiger partial charge in [-0.2, -0.15) is 0 Å². The van der Waals surface area contributed by atoms with Gasteiger partial charge in [0.15, 0.2) is 0 Å². The molecule has 2 fully saturated rings. The number of fused-ring (bicyclic) bond motifs is 2. The van der Waals surface area contributed by atoms with Gasteiger partial charge in [-0.25, -0.2) is 0 Å². The SMILES string of the molecule is COc1ccc(N)c(N2C3CCC2CC(O)C3)c1. The standard InChI is InChI=1S/C14H20N2O2/c1-18-12-4-5-13(15)14(8-12)16-9-2-3-10(16)7-11(17)6-9/h4-5,8-11,17H,2-3,6-7,15H2,1H3. The van der Waals surface area contributed by atoms with E-state index in [1.165, 1.54) is 0 Å². The van der Waals surface area contributed by atoms with Gasteiger partial charge in [-0.05, 0) is 37.8 Å². The summed E-state index contributed by atoms with van der Waals surface area (Å²) >= 11 is 0. The molecule has 1 aromatic carbocycles. The van der Waals surface area contributed by atoms with Gasteiger partial charge in [-0.15, -0.1) is 0 Å². The number of anilines is 2. The molecule has 4 nitrogen and oxygen atoms in total. The van der Waals surface area contributed by atoms with E-state index in [4.69, 9.17) is 10.5 Å². The van der Waals surface area contributed by atoms with Crippen molar-refractivity contribution in [3.05, 3.63) is 18.2 Å². The van der Waals surface area contributed by atoms with E-state index in [-0.39, 0.29) is 6.10 Å². The normalized spacial score (nSPS) is 30.6.